The van der Waals surface area contributed by atoms with E-state index >= 15 is 0 Å². The standard InChI is InChI=1S/C16H29NOS2/c1-3-17-14(15(2)6-4-9-20-15)13-5-8-18-16(11-13)7-10-19-12-16/h13-14,17H,3-12H2,1-2H3. The van der Waals surface area contributed by atoms with E-state index in [0.717, 1.165) is 19.1 Å². The zero-order valence-corrected chi connectivity index (χ0v) is 14.6. The van der Waals surface area contributed by atoms with Crippen molar-refractivity contribution in [2.24, 2.45) is 5.92 Å². The summed E-state index contributed by atoms with van der Waals surface area (Å²) >= 11 is 4.30. The smallest absolute Gasteiger partial charge is 0.0783 e. The zero-order chi connectivity index (χ0) is 14.1. The van der Waals surface area contributed by atoms with E-state index in [1.54, 1.807) is 0 Å². The quantitative estimate of drug-likeness (QED) is 0.856. The number of nitrogens with one attached hydrogen (secondary N) is 1. The second-order valence-electron chi connectivity index (χ2n) is 6.89. The molecule has 0 amide bonds. The van der Waals surface area contributed by atoms with Crippen LogP contribution in [-0.2, 0) is 4.74 Å². The van der Waals surface area contributed by atoms with E-state index in [9.17, 15) is 0 Å². The Balaban J connectivity index is 1.73. The predicted octanol–water partition coefficient (Wildman–Crippen LogP) is 3.55. The molecule has 3 saturated heterocycles. The van der Waals surface area contributed by atoms with Gasteiger partial charge in [-0.1, -0.05) is 6.92 Å². The normalized spacial score (nSPS) is 43.2. The lowest BCUT2D eigenvalue weighted by molar-refractivity contribution is -0.0868. The first-order valence-electron chi connectivity index (χ1n) is 8.27. The highest BCUT2D eigenvalue weighted by Crippen LogP contribution is 2.48. The largest absolute Gasteiger partial charge is 0.374 e. The van der Waals surface area contributed by atoms with E-state index in [0.29, 0.717) is 10.8 Å². The summed E-state index contributed by atoms with van der Waals surface area (Å²) < 4.78 is 6.67. The molecule has 0 aromatic heterocycles. The Morgan fingerprint density at radius 2 is 2.25 bits per heavy atom. The monoisotopic (exact) mass is 315 g/mol. The summed E-state index contributed by atoms with van der Waals surface area (Å²) in [6, 6.07) is 0.673. The fourth-order valence-electron chi connectivity index (χ4n) is 4.36. The van der Waals surface area contributed by atoms with Crippen molar-refractivity contribution in [1.29, 1.82) is 0 Å². The lowest BCUT2D eigenvalue weighted by atomic mass is 9.76. The van der Waals surface area contributed by atoms with Crippen molar-refractivity contribution < 1.29 is 4.74 Å². The summed E-state index contributed by atoms with van der Waals surface area (Å²) in [6.45, 7) is 6.84. The molecule has 3 aliphatic rings. The Bertz CT molecular complexity index is 324. The minimum Gasteiger partial charge on any atom is -0.374 e. The van der Waals surface area contributed by atoms with Gasteiger partial charge in [0.05, 0.1) is 5.60 Å². The van der Waals surface area contributed by atoms with Gasteiger partial charge < -0.3 is 10.1 Å². The topological polar surface area (TPSA) is 21.3 Å². The molecular formula is C16H29NOS2. The maximum atomic E-state index is 6.23. The van der Waals surface area contributed by atoms with E-state index in [1.165, 1.54) is 49.4 Å². The summed E-state index contributed by atoms with van der Waals surface area (Å²) in [7, 11) is 0. The maximum absolute atomic E-state index is 6.23. The third-order valence-electron chi connectivity index (χ3n) is 5.40. The van der Waals surface area contributed by atoms with Crippen LogP contribution in [0.5, 0.6) is 0 Å². The van der Waals surface area contributed by atoms with Gasteiger partial charge in [0.15, 0.2) is 0 Å². The molecule has 0 aromatic carbocycles. The van der Waals surface area contributed by atoms with E-state index in [2.05, 4.69) is 42.7 Å². The Kier molecular flexibility index (Phi) is 4.96. The summed E-state index contributed by atoms with van der Waals surface area (Å²) in [5.41, 5.74) is 0.223. The van der Waals surface area contributed by atoms with Gasteiger partial charge in [0.25, 0.3) is 0 Å². The van der Waals surface area contributed by atoms with Crippen molar-refractivity contribution in [3.8, 4) is 0 Å². The molecule has 1 N–H and O–H groups in total. The van der Waals surface area contributed by atoms with Gasteiger partial charge >= 0.3 is 0 Å². The number of hydrogen-bond donors (Lipinski definition) is 1. The second kappa shape index (κ2) is 6.39. The number of rotatable bonds is 4. The number of hydrogen-bond acceptors (Lipinski definition) is 4. The molecule has 0 saturated carbocycles. The molecule has 0 aromatic rings. The molecule has 20 heavy (non-hydrogen) atoms. The van der Waals surface area contributed by atoms with Crippen LogP contribution in [0.25, 0.3) is 0 Å². The van der Waals surface area contributed by atoms with Gasteiger partial charge in [-0.2, -0.15) is 23.5 Å². The van der Waals surface area contributed by atoms with Gasteiger partial charge in [-0.3, -0.25) is 0 Å². The Labute approximate surface area is 132 Å². The first kappa shape index (κ1) is 15.5. The van der Waals surface area contributed by atoms with Gasteiger partial charge in [-0.05, 0) is 63.0 Å². The average molecular weight is 316 g/mol. The molecule has 0 bridgehead atoms. The summed E-state index contributed by atoms with van der Waals surface area (Å²) in [5.74, 6) is 4.68. The van der Waals surface area contributed by atoms with Crippen molar-refractivity contribution in [3.05, 3.63) is 0 Å². The highest BCUT2D eigenvalue weighted by atomic mass is 32.2. The van der Waals surface area contributed by atoms with Crippen LogP contribution in [0.15, 0.2) is 0 Å². The molecule has 4 heteroatoms. The first-order valence-corrected chi connectivity index (χ1v) is 10.4. The van der Waals surface area contributed by atoms with Crippen LogP contribution in [0.4, 0.5) is 0 Å². The summed E-state index contributed by atoms with van der Waals surface area (Å²) in [5, 5.41) is 3.86. The summed E-state index contributed by atoms with van der Waals surface area (Å²) in [6.07, 6.45) is 6.59. The second-order valence-corrected chi connectivity index (χ2v) is 9.62. The maximum Gasteiger partial charge on any atom is 0.0783 e. The lowest BCUT2D eigenvalue weighted by Gasteiger charge is -2.46. The van der Waals surface area contributed by atoms with Crippen LogP contribution in [-0.4, -0.2) is 46.8 Å². The molecule has 2 nitrogen and oxygen atoms in total. The van der Waals surface area contributed by atoms with Crippen LogP contribution in [0.3, 0.4) is 0 Å². The Morgan fingerprint density at radius 1 is 1.35 bits per heavy atom. The predicted molar refractivity (Wildman–Crippen MR) is 90.9 cm³/mol. The molecule has 0 radical (unpaired) electrons. The minimum absolute atomic E-state index is 0.223. The molecule has 4 unspecified atom stereocenters. The van der Waals surface area contributed by atoms with Gasteiger partial charge in [-0.25, -0.2) is 0 Å². The highest BCUT2D eigenvalue weighted by Gasteiger charge is 2.47. The van der Waals surface area contributed by atoms with Crippen LogP contribution >= 0.6 is 23.5 Å². The van der Waals surface area contributed by atoms with Crippen LogP contribution in [0.2, 0.25) is 0 Å². The third-order valence-corrected chi connectivity index (χ3v) is 8.23. The molecule has 116 valence electrons. The Morgan fingerprint density at radius 3 is 2.90 bits per heavy atom. The molecule has 4 atom stereocenters. The van der Waals surface area contributed by atoms with Crippen molar-refractivity contribution >= 4 is 23.5 Å². The van der Waals surface area contributed by atoms with Crippen molar-refractivity contribution in [2.45, 2.75) is 62.3 Å². The average Bonchev–Trinajstić information content (AvgIpc) is 3.07. The number of ether oxygens (including phenoxy) is 1. The third kappa shape index (κ3) is 3.04. The van der Waals surface area contributed by atoms with Crippen molar-refractivity contribution in [1.82, 2.24) is 5.32 Å². The SMILES string of the molecule is CCNC(C1CCOC2(CCSC2)C1)C1(C)CCCS1. The lowest BCUT2D eigenvalue weighted by Crippen LogP contribution is -2.54. The molecule has 3 heterocycles. The van der Waals surface area contributed by atoms with Gasteiger partial charge in [0.1, 0.15) is 0 Å². The molecule has 0 aliphatic carbocycles. The van der Waals surface area contributed by atoms with Crippen LogP contribution in [0.1, 0.15) is 46.0 Å². The first-order chi connectivity index (χ1) is 9.68. The van der Waals surface area contributed by atoms with Crippen LogP contribution < -0.4 is 5.32 Å². The summed E-state index contributed by atoms with van der Waals surface area (Å²) in [4.78, 5) is 0. The van der Waals surface area contributed by atoms with E-state index in [4.69, 9.17) is 4.74 Å². The molecule has 3 fully saturated rings. The molecule has 3 aliphatic heterocycles. The van der Waals surface area contributed by atoms with Crippen molar-refractivity contribution in [3.63, 3.8) is 0 Å². The zero-order valence-electron chi connectivity index (χ0n) is 13.0. The molecule has 3 rings (SSSR count). The van der Waals surface area contributed by atoms with E-state index in [-0.39, 0.29) is 5.60 Å². The number of thioether (sulfide) groups is 2. The molecule has 1 spiro atoms. The minimum atomic E-state index is 0.223. The Hall–Kier alpha value is 0.620. The fraction of sp³-hybridized carbons (Fsp3) is 1.00. The van der Waals surface area contributed by atoms with Gasteiger partial charge in [-0.15, -0.1) is 0 Å². The molecular weight excluding hydrogens is 286 g/mol. The highest BCUT2D eigenvalue weighted by molar-refractivity contribution is 8.01. The van der Waals surface area contributed by atoms with Crippen molar-refractivity contribution in [2.75, 3.05) is 30.4 Å². The van der Waals surface area contributed by atoms with E-state index in [1.807, 2.05) is 0 Å². The van der Waals surface area contributed by atoms with Crippen LogP contribution in [0, 0.1) is 5.92 Å². The van der Waals surface area contributed by atoms with Gasteiger partial charge in [0, 0.05) is 23.1 Å². The van der Waals surface area contributed by atoms with Gasteiger partial charge in [0.2, 0.25) is 0 Å². The fourth-order valence-corrected chi connectivity index (χ4v) is 7.24. The van der Waals surface area contributed by atoms with E-state index < -0.39 is 0 Å².